The topological polar surface area (TPSA) is 59.8 Å². The van der Waals surface area contributed by atoms with Crippen molar-refractivity contribution in [1.82, 2.24) is 14.8 Å². The van der Waals surface area contributed by atoms with E-state index in [0.717, 1.165) is 21.2 Å². The molecule has 0 saturated heterocycles. The third-order valence-electron chi connectivity index (χ3n) is 3.98. The molecule has 0 saturated carbocycles. The zero-order chi connectivity index (χ0) is 18.6. The van der Waals surface area contributed by atoms with Crippen LogP contribution in [0.2, 0.25) is 0 Å². The van der Waals surface area contributed by atoms with E-state index in [9.17, 15) is 4.79 Å². The van der Waals surface area contributed by atoms with Crippen molar-refractivity contribution in [2.75, 3.05) is 5.32 Å². The first-order valence-corrected chi connectivity index (χ1v) is 9.94. The lowest BCUT2D eigenvalue weighted by atomic mass is 10.1. The zero-order valence-corrected chi connectivity index (χ0v) is 16.6. The maximum atomic E-state index is 12.7. The lowest BCUT2D eigenvalue weighted by Crippen LogP contribution is -2.13. The molecule has 0 unspecified atom stereocenters. The van der Waals surface area contributed by atoms with E-state index in [4.69, 9.17) is 0 Å². The number of nitrogens with zero attached hydrogens (tertiary/aromatic N) is 3. The van der Waals surface area contributed by atoms with Crippen LogP contribution in [0.5, 0.6) is 0 Å². The molecule has 0 aliphatic carbocycles. The van der Waals surface area contributed by atoms with Gasteiger partial charge in [0.2, 0.25) is 5.95 Å². The van der Waals surface area contributed by atoms with Gasteiger partial charge in [0.15, 0.2) is 0 Å². The summed E-state index contributed by atoms with van der Waals surface area (Å²) in [6.45, 7) is 0.588. The van der Waals surface area contributed by atoms with Crippen LogP contribution in [0.25, 0.3) is 11.1 Å². The highest BCUT2D eigenvalue weighted by atomic mass is 79.9. The van der Waals surface area contributed by atoms with E-state index in [2.05, 4.69) is 31.3 Å². The Hall–Kier alpha value is -2.77. The van der Waals surface area contributed by atoms with Crippen molar-refractivity contribution in [1.29, 1.82) is 0 Å². The number of thiophene rings is 1. The van der Waals surface area contributed by atoms with Crippen LogP contribution in [0, 0.1) is 0 Å². The summed E-state index contributed by atoms with van der Waals surface area (Å²) in [7, 11) is 0. The quantitative estimate of drug-likeness (QED) is 0.473. The fourth-order valence-electron chi connectivity index (χ4n) is 2.69. The lowest BCUT2D eigenvalue weighted by Gasteiger charge is -2.04. The standard InChI is InChI=1S/C20H15BrN4OS/c21-16-8-6-14(7-9-16)12-25-13-22-20(24-25)23-19(26)18-17(10-11-27-18)15-4-2-1-3-5-15/h1-11,13H,12H2,(H,23,24,26). The normalized spacial score (nSPS) is 10.7. The average Bonchev–Trinajstić information content (AvgIpc) is 3.34. The van der Waals surface area contributed by atoms with Gasteiger partial charge in [-0.25, -0.2) is 9.67 Å². The number of rotatable bonds is 5. The predicted octanol–water partition coefficient (Wildman–Crippen LogP) is 5.07. The summed E-state index contributed by atoms with van der Waals surface area (Å²) in [6, 6.07) is 19.8. The lowest BCUT2D eigenvalue weighted by molar-refractivity contribution is 0.103. The van der Waals surface area contributed by atoms with E-state index in [0.29, 0.717) is 17.4 Å². The molecule has 27 heavy (non-hydrogen) atoms. The summed E-state index contributed by atoms with van der Waals surface area (Å²) >= 11 is 4.83. The van der Waals surface area contributed by atoms with Crippen LogP contribution in [-0.4, -0.2) is 20.7 Å². The van der Waals surface area contributed by atoms with Crippen LogP contribution in [0.4, 0.5) is 5.95 Å². The second-order valence-electron chi connectivity index (χ2n) is 5.88. The van der Waals surface area contributed by atoms with E-state index in [1.54, 1.807) is 11.0 Å². The van der Waals surface area contributed by atoms with Gasteiger partial charge < -0.3 is 0 Å². The van der Waals surface area contributed by atoms with E-state index < -0.39 is 0 Å². The van der Waals surface area contributed by atoms with E-state index in [1.807, 2.05) is 66.0 Å². The summed E-state index contributed by atoms with van der Waals surface area (Å²) in [5, 5.41) is 9.05. The van der Waals surface area contributed by atoms with Gasteiger partial charge in [-0.15, -0.1) is 16.4 Å². The second kappa shape index (κ2) is 7.85. The van der Waals surface area contributed by atoms with Crippen LogP contribution < -0.4 is 5.32 Å². The van der Waals surface area contributed by atoms with E-state index in [1.165, 1.54) is 11.3 Å². The SMILES string of the molecule is O=C(Nc1ncn(Cc2ccc(Br)cc2)n1)c1sccc1-c1ccccc1. The van der Waals surface area contributed by atoms with Gasteiger partial charge in [-0.2, -0.15) is 0 Å². The van der Waals surface area contributed by atoms with E-state index >= 15 is 0 Å². The maximum Gasteiger partial charge on any atom is 0.268 e. The number of nitrogens with one attached hydrogen (secondary N) is 1. The Morgan fingerprint density at radius 1 is 1.07 bits per heavy atom. The third-order valence-corrected chi connectivity index (χ3v) is 5.42. The van der Waals surface area contributed by atoms with Crippen molar-refractivity contribution in [2.24, 2.45) is 0 Å². The summed E-state index contributed by atoms with van der Waals surface area (Å²) in [6.07, 6.45) is 1.62. The van der Waals surface area contributed by atoms with Crippen LogP contribution in [-0.2, 0) is 6.54 Å². The molecule has 0 fully saturated rings. The number of anilines is 1. The molecule has 1 amide bonds. The molecular weight excluding hydrogens is 424 g/mol. The number of aromatic nitrogens is 3. The van der Waals surface area contributed by atoms with Crippen LogP contribution in [0.15, 0.2) is 76.8 Å². The molecule has 0 aliphatic rings. The summed E-state index contributed by atoms with van der Waals surface area (Å²) in [4.78, 5) is 17.5. The molecule has 0 bridgehead atoms. The van der Waals surface area contributed by atoms with Gasteiger partial charge in [0, 0.05) is 10.0 Å². The van der Waals surface area contributed by atoms with Gasteiger partial charge in [0.05, 0.1) is 6.54 Å². The molecule has 1 N–H and O–H groups in total. The number of halogens is 1. The molecule has 4 aromatic rings. The minimum atomic E-state index is -0.203. The minimum absolute atomic E-state index is 0.203. The fraction of sp³-hybridized carbons (Fsp3) is 0.0500. The van der Waals surface area contributed by atoms with Crippen LogP contribution in [0.3, 0.4) is 0 Å². The Morgan fingerprint density at radius 2 is 1.85 bits per heavy atom. The molecular formula is C20H15BrN4OS. The Bertz CT molecular complexity index is 1060. The molecule has 4 rings (SSSR count). The number of hydrogen-bond acceptors (Lipinski definition) is 4. The smallest absolute Gasteiger partial charge is 0.268 e. The fourth-order valence-corrected chi connectivity index (χ4v) is 3.77. The first-order chi connectivity index (χ1) is 13.2. The first-order valence-electron chi connectivity index (χ1n) is 8.27. The zero-order valence-electron chi connectivity index (χ0n) is 14.2. The molecule has 0 aliphatic heterocycles. The number of hydrogen-bond donors (Lipinski definition) is 1. The van der Waals surface area contributed by atoms with Crippen molar-refractivity contribution >= 4 is 39.1 Å². The Balaban J connectivity index is 1.47. The van der Waals surface area contributed by atoms with Crippen LogP contribution >= 0.6 is 27.3 Å². The summed E-state index contributed by atoms with van der Waals surface area (Å²) in [5.74, 6) is 0.0924. The minimum Gasteiger partial charge on any atom is -0.288 e. The van der Waals surface area contributed by atoms with Gasteiger partial charge in [-0.1, -0.05) is 58.4 Å². The van der Waals surface area contributed by atoms with Gasteiger partial charge in [0.25, 0.3) is 5.91 Å². The highest BCUT2D eigenvalue weighted by Crippen LogP contribution is 2.28. The molecule has 5 nitrogen and oxygen atoms in total. The van der Waals surface area contributed by atoms with Crippen molar-refractivity contribution in [3.8, 4) is 11.1 Å². The Labute approximate surface area is 168 Å². The van der Waals surface area contributed by atoms with Crippen molar-refractivity contribution in [3.05, 3.63) is 87.3 Å². The van der Waals surface area contributed by atoms with Gasteiger partial charge >= 0.3 is 0 Å². The highest BCUT2D eigenvalue weighted by molar-refractivity contribution is 9.10. The molecule has 134 valence electrons. The number of carbonyl (C=O) groups is 1. The number of carbonyl (C=O) groups excluding carboxylic acids is 1. The molecule has 0 radical (unpaired) electrons. The van der Waals surface area contributed by atoms with E-state index in [-0.39, 0.29) is 5.91 Å². The average molecular weight is 439 g/mol. The van der Waals surface area contributed by atoms with Crippen molar-refractivity contribution in [2.45, 2.75) is 6.54 Å². The molecule has 7 heteroatoms. The van der Waals surface area contributed by atoms with Gasteiger partial charge in [-0.3, -0.25) is 10.1 Å². The molecule has 0 spiro atoms. The molecule has 2 heterocycles. The predicted molar refractivity (Wildman–Crippen MR) is 111 cm³/mol. The highest BCUT2D eigenvalue weighted by Gasteiger charge is 2.16. The monoisotopic (exact) mass is 438 g/mol. The van der Waals surface area contributed by atoms with Gasteiger partial charge in [0.1, 0.15) is 11.2 Å². The first kappa shape index (κ1) is 17.6. The Morgan fingerprint density at radius 3 is 2.63 bits per heavy atom. The molecule has 0 atom stereocenters. The third kappa shape index (κ3) is 4.15. The van der Waals surface area contributed by atoms with Crippen LogP contribution in [0.1, 0.15) is 15.2 Å². The molecule has 2 aromatic heterocycles. The second-order valence-corrected chi connectivity index (χ2v) is 7.71. The number of benzene rings is 2. The Kier molecular flexibility index (Phi) is 5.13. The summed E-state index contributed by atoms with van der Waals surface area (Å²) in [5.41, 5.74) is 3.02. The summed E-state index contributed by atoms with van der Waals surface area (Å²) < 4.78 is 2.73. The molecule has 2 aromatic carbocycles. The largest absolute Gasteiger partial charge is 0.288 e. The van der Waals surface area contributed by atoms with Crippen molar-refractivity contribution < 1.29 is 4.79 Å². The van der Waals surface area contributed by atoms with Crippen molar-refractivity contribution in [3.63, 3.8) is 0 Å². The number of amides is 1. The van der Waals surface area contributed by atoms with Gasteiger partial charge in [-0.05, 0) is 34.7 Å². The maximum absolute atomic E-state index is 12.7.